The topological polar surface area (TPSA) is 51.5 Å². The lowest BCUT2D eigenvalue weighted by molar-refractivity contribution is 0.215. The lowest BCUT2D eigenvalue weighted by Crippen LogP contribution is -2.16. The molecular formula is C19H11Cl2NO3. The van der Waals surface area contributed by atoms with Crippen LogP contribution in [0.25, 0.3) is 21.9 Å². The van der Waals surface area contributed by atoms with Crippen LogP contribution in [-0.2, 0) is 0 Å². The van der Waals surface area contributed by atoms with Gasteiger partial charge in [0.05, 0.1) is 10.0 Å². The quantitative estimate of drug-likeness (QED) is 0.437. The third-order valence-electron chi connectivity index (χ3n) is 3.72. The number of carbonyl (C=O) groups is 1. The first-order valence-electron chi connectivity index (χ1n) is 7.45. The van der Waals surface area contributed by atoms with E-state index in [4.69, 9.17) is 32.4 Å². The minimum atomic E-state index is -0.620. The minimum Gasteiger partial charge on any atom is -0.456 e. The summed E-state index contributed by atoms with van der Waals surface area (Å²) >= 11 is 11.8. The standard InChI is InChI=1S/C19H11Cl2NO3/c20-15-7-5-11(9-16(15)21)22-19(23)24-12-6-8-18-14(10-12)13-3-1-2-4-17(13)25-18/h1-10H,(H,22,23). The third kappa shape index (κ3) is 3.14. The van der Waals surface area contributed by atoms with Gasteiger partial charge in [-0.15, -0.1) is 0 Å². The molecule has 4 rings (SSSR count). The SMILES string of the molecule is O=C(Nc1ccc(Cl)c(Cl)c1)Oc1ccc2oc3ccccc3c2c1. The molecule has 0 spiro atoms. The predicted molar refractivity (Wildman–Crippen MR) is 99.8 cm³/mol. The van der Waals surface area contributed by atoms with Gasteiger partial charge in [0.15, 0.2) is 0 Å². The lowest BCUT2D eigenvalue weighted by Gasteiger charge is -2.07. The number of benzene rings is 3. The maximum atomic E-state index is 12.1. The number of rotatable bonds is 2. The van der Waals surface area contributed by atoms with Gasteiger partial charge >= 0.3 is 6.09 Å². The molecule has 3 aromatic carbocycles. The van der Waals surface area contributed by atoms with Crippen molar-refractivity contribution >= 4 is 56.9 Å². The fourth-order valence-corrected chi connectivity index (χ4v) is 2.89. The molecule has 0 unspecified atom stereocenters. The first kappa shape index (κ1) is 15.8. The number of furan rings is 1. The highest BCUT2D eigenvalue weighted by Gasteiger charge is 2.11. The molecule has 1 aromatic heterocycles. The summed E-state index contributed by atoms with van der Waals surface area (Å²) in [6.45, 7) is 0. The Morgan fingerprint density at radius 2 is 1.68 bits per heavy atom. The summed E-state index contributed by atoms with van der Waals surface area (Å²) < 4.78 is 11.1. The molecule has 25 heavy (non-hydrogen) atoms. The highest BCUT2D eigenvalue weighted by molar-refractivity contribution is 6.42. The summed E-state index contributed by atoms with van der Waals surface area (Å²) in [6.07, 6.45) is -0.620. The molecule has 0 saturated heterocycles. The number of hydrogen-bond donors (Lipinski definition) is 1. The Balaban J connectivity index is 1.58. The van der Waals surface area contributed by atoms with Crippen molar-refractivity contribution in [3.63, 3.8) is 0 Å². The van der Waals surface area contributed by atoms with Gasteiger partial charge in [0.2, 0.25) is 0 Å². The van der Waals surface area contributed by atoms with Crippen LogP contribution in [0.4, 0.5) is 10.5 Å². The number of carbonyl (C=O) groups excluding carboxylic acids is 1. The Hall–Kier alpha value is -2.69. The Morgan fingerprint density at radius 3 is 2.52 bits per heavy atom. The van der Waals surface area contributed by atoms with Crippen LogP contribution in [-0.4, -0.2) is 6.09 Å². The summed E-state index contributed by atoms with van der Waals surface area (Å²) in [4.78, 5) is 12.1. The van der Waals surface area contributed by atoms with Crippen LogP contribution in [0.3, 0.4) is 0 Å². The number of para-hydroxylation sites is 1. The van der Waals surface area contributed by atoms with Gasteiger partial charge in [0.1, 0.15) is 16.9 Å². The molecular weight excluding hydrogens is 361 g/mol. The van der Waals surface area contributed by atoms with Crippen LogP contribution >= 0.6 is 23.2 Å². The molecule has 0 fully saturated rings. The smallest absolute Gasteiger partial charge is 0.417 e. The molecule has 4 nitrogen and oxygen atoms in total. The van der Waals surface area contributed by atoms with Gasteiger partial charge < -0.3 is 9.15 Å². The first-order valence-corrected chi connectivity index (χ1v) is 8.21. The van der Waals surface area contributed by atoms with Gasteiger partial charge in [0.25, 0.3) is 0 Å². The molecule has 6 heteroatoms. The van der Waals surface area contributed by atoms with E-state index in [0.29, 0.717) is 21.5 Å². The zero-order chi connectivity index (χ0) is 17.4. The molecule has 0 radical (unpaired) electrons. The van der Waals surface area contributed by atoms with Crippen molar-refractivity contribution < 1.29 is 13.9 Å². The maximum absolute atomic E-state index is 12.1. The largest absolute Gasteiger partial charge is 0.456 e. The molecule has 0 aliphatic carbocycles. The van der Waals surface area contributed by atoms with E-state index in [2.05, 4.69) is 5.32 Å². The number of nitrogens with one attached hydrogen (secondary N) is 1. The second-order valence-electron chi connectivity index (χ2n) is 5.40. The van der Waals surface area contributed by atoms with Crippen molar-refractivity contribution in [2.45, 2.75) is 0 Å². The van der Waals surface area contributed by atoms with Gasteiger partial charge in [-0.2, -0.15) is 0 Å². The fraction of sp³-hybridized carbons (Fsp3) is 0. The van der Waals surface area contributed by atoms with Gasteiger partial charge in [-0.25, -0.2) is 4.79 Å². The van der Waals surface area contributed by atoms with Crippen molar-refractivity contribution in [2.24, 2.45) is 0 Å². The van der Waals surface area contributed by atoms with Crippen LogP contribution in [0.5, 0.6) is 5.75 Å². The van der Waals surface area contributed by atoms with Gasteiger partial charge in [-0.3, -0.25) is 5.32 Å². The van der Waals surface area contributed by atoms with E-state index >= 15 is 0 Å². The average molecular weight is 372 g/mol. The summed E-state index contributed by atoms with van der Waals surface area (Å²) in [5.41, 5.74) is 2.02. The summed E-state index contributed by atoms with van der Waals surface area (Å²) in [7, 11) is 0. The van der Waals surface area contributed by atoms with Crippen LogP contribution < -0.4 is 10.1 Å². The Morgan fingerprint density at radius 1 is 0.880 bits per heavy atom. The van der Waals surface area contributed by atoms with Gasteiger partial charge in [-0.05, 0) is 42.5 Å². The van der Waals surface area contributed by atoms with E-state index in [-0.39, 0.29) is 0 Å². The van der Waals surface area contributed by atoms with Crippen molar-refractivity contribution in [3.05, 3.63) is 70.7 Å². The zero-order valence-corrected chi connectivity index (χ0v) is 14.3. The van der Waals surface area contributed by atoms with E-state index < -0.39 is 6.09 Å². The maximum Gasteiger partial charge on any atom is 0.417 e. The summed E-state index contributed by atoms with van der Waals surface area (Å²) in [5.74, 6) is 0.414. The molecule has 124 valence electrons. The van der Waals surface area contributed by atoms with Gasteiger partial charge in [0, 0.05) is 16.5 Å². The second-order valence-corrected chi connectivity index (χ2v) is 6.21. The van der Waals surface area contributed by atoms with Crippen LogP contribution in [0, 0.1) is 0 Å². The van der Waals surface area contributed by atoms with E-state index in [9.17, 15) is 4.79 Å². The molecule has 1 N–H and O–H groups in total. The molecule has 0 bridgehead atoms. The Kier molecular flexibility index (Phi) is 3.99. The van der Waals surface area contributed by atoms with Gasteiger partial charge in [-0.1, -0.05) is 41.4 Å². The van der Waals surface area contributed by atoms with Crippen molar-refractivity contribution in [2.75, 3.05) is 5.32 Å². The van der Waals surface area contributed by atoms with Crippen molar-refractivity contribution in [1.82, 2.24) is 0 Å². The monoisotopic (exact) mass is 371 g/mol. The summed E-state index contributed by atoms with van der Waals surface area (Å²) in [6, 6.07) is 17.7. The molecule has 1 heterocycles. The van der Waals surface area contributed by atoms with Crippen LogP contribution in [0.1, 0.15) is 0 Å². The molecule has 0 saturated carbocycles. The fourth-order valence-electron chi connectivity index (χ4n) is 2.59. The van der Waals surface area contributed by atoms with Crippen molar-refractivity contribution in [3.8, 4) is 5.75 Å². The molecule has 1 amide bonds. The van der Waals surface area contributed by atoms with Crippen LogP contribution in [0.15, 0.2) is 65.1 Å². The number of hydrogen-bond acceptors (Lipinski definition) is 3. The third-order valence-corrected chi connectivity index (χ3v) is 4.46. The van der Waals surface area contributed by atoms with Crippen LogP contribution in [0.2, 0.25) is 10.0 Å². The average Bonchev–Trinajstić information content (AvgIpc) is 2.96. The molecule has 0 aliphatic rings. The van der Waals surface area contributed by atoms with E-state index in [0.717, 1.165) is 21.9 Å². The Labute approximate surface area is 152 Å². The normalized spacial score (nSPS) is 11.0. The Bertz CT molecular complexity index is 1100. The number of halogens is 2. The highest BCUT2D eigenvalue weighted by atomic mass is 35.5. The van der Waals surface area contributed by atoms with E-state index in [1.165, 1.54) is 0 Å². The second kappa shape index (κ2) is 6.31. The number of ether oxygens (including phenoxy) is 1. The van der Waals surface area contributed by atoms with E-state index in [1.807, 2.05) is 24.3 Å². The number of anilines is 1. The molecule has 0 aliphatic heterocycles. The van der Waals surface area contributed by atoms with E-state index in [1.54, 1.807) is 36.4 Å². The summed E-state index contributed by atoms with van der Waals surface area (Å²) in [5, 5.41) is 5.23. The predicted octanol–water partition coefficient (Wildman–Crippen LogP) is 6.50. The highest BCUT2D eigenvalue weighted by Crippen LogP contribution is 2.31. The number of amides is 1. The lowest BCUT2D eigenvalue weighted by atomic mass is 10.1. The van der Waals surface area contributed by atoms with Crippen molar-refractivity contribution in [1.29, 1.82) is 0 Å². The number of fused-ring (bicyclic) bond motifs is 3. The molecule has 0 atom stereocenters. The first-order chi connectivity index (χ1) is 12.1. The minimum absolute atomic E-state index is 0.353. The zero-order valence-electron chi connectivity index (χ0n) is 12.8. The molecule has 4 aromatic rings.